The van der Waals surface area contributed by atoms with Crippen LogP contribution in [0.4, 0.5) is 5.95 Å². The van der Waals surface area contributed by atoms with Crippen LogP contribution in [-0.4, -0.2) is 41.8 Å². The summed E-state index contributed by atoms with van der Waals surface area (Å²) in [6.45, 7) is 2.05. The Morgan fingerprint density at radius 2 is 2.26 bits per heavy atom. The van der Waals surface area contributed by atoms with Gasteiger partial charge < -0.3 is 24.8 Å². The molecular formula is C9H14N5O4P. The number of nitrogens with two attached hydrogens (primary N) is 1. The summed E-state index contributed by atoms with van der Waals surface area (Å²) in [4.78, 5) is 29.4. The lowest BCUT2D eigenvalue weighted by Gasteiger charge is -2.14. The second-order valence-corrected chi connectivity index (χ2v) is 5.69. The summed E-state index contributed by atoms with van der Waals surface area (Å²) in [7, 11) is -4.16. The molecular weight excluding hydrogens is 273 g/mol. The topological polar surface area (TPSA) is 136 Å². The summed E-state index contributed by atoms with van der Waals surface area (Å²) in [5.41, 5.74) is 6.65. The van der Waals surface area contributed by atoms with Gasteiger partial charge in [0.05, 0.1) is 25.2 Å². The van der Waals surface area contributed by atoms with E-state index in [2.05, 4.69) is 15.0 Å². The van der Waals surface area contributed by atoms with Gasteiger partial charge in [-0.2, -0.15) is 4.98 Å². The molecule has 2 rings (SSSR count). The maximum atomic E-state index is 10.7. The Hall–Kier alpha value is -1.54. The van der Waals surface area contributed by atoms with E-state index in [4.69, 9.17) is 20.3 Å². The van der Waals surface area contributed by atoms with E-state index in [9.17, 15) is 4.57 Å². The van der Waals surface area contributed by atoms with Crippen LogP contribution < -0.4 is 5.73 Å². The van der Waals surface area contributed by atoms with Crippen LogP contribution in [0.3, 0.4) is 0 Å². The van der Waals surface area contributed by atoms with E-state index in [-0.39, 0.29) is 5.95 Å². The normalized spacial score (nSPS) is 13.8. The van der Waals surface area contributed by atoms with E-state index in [1.54, 1.807) is 17.8 Å². The van der Waals surface area contributed by atoms with Crippen LogP contribution in [-0.2, 0) is 15.8 Å². The van der Waals surface area contributed by atoms with Crippen LogP contribution in [0.1, 0.15) is 6.92 Å². The van der Waals surface area contributed by atoms with E-state index in [0.29, 0.717) is 17.7 Å². The zero-order valence-electron chi connectivity index (χ0n) is 10.2. The Kier molecular flexibility index (Phi) is 3.81. The summed E-state index contributed by atoms with van der Waals surface area (Å²) in [5.74, 6) is 0.137. The third kappa shape index (κ3) is 3.71. The summed E-state index contributed by atoms with van der Waals surface area (Å²) < 4.78 is 17.5. The first-order chi connectivity index (χ1) is 8.85. The van der Waals surface area contributed by atoms with E-state index in [0.717, 1.165) is 0 Å². The third-order valence-corrected chi connectivity index (χ3v) is 2.84. The van der Waals surface area contributed by atoms with Crippen molar-refractivity contribution in [2.45, 2.75) is 19.6 Å². The zero-order valence-corrected chi connectivity index (χ0v) is 11.1. The fourth-order valence-electron chi connectivity index (χ4n) is 1.56. The lowest BCUT2D eigenvalue weighted by Crippen LogP contribution is -2.17. The Morgan fingerprint density at radius 3 is 2.95 bits per heavy atom. The summed E-state index contributed by atoms with van der Waals surface area (Å²) >= 11 is 0. The number of ether oxygens (including phenoxy) is 1. The maximum Gasteiger partial charge on any atom is 0.350 e. The van der Waals surface area contributed by atoms with Crippen molar-refractivity contribution in [2.75, 3.05) is 12.1 Å². The molecule has 2 heterocycles. The number of rotatable bonds is 5. The van der Waals surface area contributed by atoms with Gasteiger partial charge in [0.25, 0.3) is 0 Å². The monoisotopic (exact) mass is 287 g/mol. The molecule has 0 amide bonds. The zero-order chi connectivity index (χ0) is 14.0. The molecule has 0 aromatic carbocycles. The summed E-state index contributed by atoms with van der Waals surface area (Å²) in [6, 6.07) is 0. The molecule has 1 atom stereocenters. The lowest BCUT2D eigenvalue weighted by molar-refractivity contribution is 0.0764. The van der Waals surface area contributed by atoms with Crippen molar-refractivity contribution < 1.29 is 19.1 Å². The number of nitrogen functional groups attached to an aromatic ring is 1. The Morgan fingerprint density at radius 1 is 1.53 bits per heavy atom. The predicted molar refractivity (Wildman–Crippen MR) is 67.2 cm³/mol. The van der Waals surface area contributed by atoms with Crippen LogP contribution >= 0.6 is 7.60 Å². The fraction of sp³-hybridized carbons (Fsp3) is 0.444. The van der Waals surface area contributed by atoms with Gasteiger partial charge >= 0.3 is 7.60 Å². The maximum absolute atomic E-state index is 10.7. The number of aromatic nitrogens is 4. The number of imidazole rings is 1. The summed E-state index contributed by atoms with van der Waals surface area (Å²) in [6.07, 6.45) is 2.05. The average Bonchev–Trinajstić information content (AvgIpc) is 2.68. The first kappa shape index (κ1) is 13.9. The highest BCUT2D eigenvalue weighted by Crippen LogP contribution is 2.34. The van der Waals surface area contributed by atoms with Gasteiger partial charge in [0.1, 0.15) is 11.9 Å². The van der Waals surface area contributed by atoms with Gasteiger partial charge in [-0.3, -0.25) is 4.57 Å². The number of nitrogens with zero attached hydrogens (tertiary/aromatic N) is 4. The molecule has 2 aromatic heterocycles. The molecule has 9 nitrogen and oxygen atoms in total. The van der Waals surface area contributed by atoms with Crippen molar-refractivity contribution >= 4 is 24.7 Å². The van der Waals surface area contributed by atoms with Crippen LogP contribution in [0.25, 0.3) is 11.2 Å². The van der Waals surface area contributed by atoms with Crippen molar-refractivity contribution in [3.8, 4) is 0 Å². The van der Waals surface area contributed by atoms with E-state index >= 15 is 0 Å². The van der Waals surface area contributed by atoms with Gasteiger partial charge in [0, 0.05) is 0 Å². The van der Waals surface area contributed by atoms with Gasteiger partial charge in [-0.25, -0.2) is 9.97 Å². The number of anilines is 1. The van der Waals surface area contributed by atoms with Crippen LogP contribution in [0.2, 0.25) is 0 Å². The van der Waals surface area contributed by atoms with Gasteiger partial charge in [-0.05, 0) is 6.92 Å². The van der Waals surface area contributed by atoms with Crippen LogP contribution in [0.5, 0.6) is 0 Å². The lowest BCUT2D eigenvalue weighted by atomic mass is 10.4. The van der Waals surface area contributed by atoms with Gasteiger partial charge in [0.2, 0.25) is 5.95 Å². The van der Waals surface area contributed by atoms with E-state index in [1.165, 1.54) is 6.20 Å². The van der Waals surface area contributed by atoms with Crippen LogP contribution in [0.15, 0.2) is 12.5 Å². The highest BCUT2D eigenvalue weighted by atomic mass is 31.2. The quantitative estimate of drug-likeness (QED) is 0.651. The highest BCUT2D eigenvalue weighted by molar-refractivity contribution is 7.51. The first-order valence-electron chi connectivity index (χ1n) is 5.44. The number of hydrogen-bond donors (Lipinski definition) is 3. The largest absolute Gasteiger partial charge is 0.368 e. The van der Waals surface area contributed by atoms with Crippen molar-refractivity contribution in [2.24, 2.45) is 0 Å². The molecule has 0 saturated heterocycles. The molecule has 10 heteroatoms. The molecule has 0 aliphatic heterocycles. The van der Waals surface area contributed by atoms with Crippen molar-refractivity contribution in [1.82, 2.24) is 19.5 Å². The predicted octanol–water partition coefficient (Wildman–Crippen LogP) is -0.0512. The molecule has 0 bridgehead atoms. The van der Waals surface area contributed by atoms with E-state index in [1.807, 2.05) is 0 Å². The second-order valence-electron chi connectivity index (χ2n) is 4.11. The fourth-order valence-corrected chi connectivity index (χ4v) is 2.00. The molecule has 0 aliphatic carbocycles. The minimum Gasteiger partial charge on any atom is -0.368 e. The summed E-state index contributed by atoms with van der Waals surface area (Å²) in [5, 5.41) is 0. The van der Waals surface area contributed by atoms with Gasteiger partial charge in [-0.15, -0.1) is 0 Å². The minimum atomic E-state index is -4.16. The van der Waals surface area contributed by atoms with Crippen molar-refractivity contribution in [1.29, 1.82) is 0 Å². The molecule has 2 aromatic rings. The molecule has 0 saturated carbocycles. The van der Waals surface area contributed by atoms with Crippen LogP contribution in [0, 0.1) is 0 Å². The molecule has 0 radical (unpaired) electrons. The molecule has 0 spiro atoms. The Labute approximate surface area is 108 Å². The molecule has 1 unspecified atom stereocenters. The Bertz CT molecular complexity index is 624. The molecule has 19 heavy (non-hydrogen) atoms. The third-order valence-electron chi connectivity index (χ3n) is 2.36. The first-order valence-corrected chi connectivity index (χ1v) is 7.24. The number of fused-ring (bicyclic) bond motifs is 1. The molecule has 0 fully saturated rings. The van der Waals surface area contributed by atoms with E-state index < -0.39 is 20.0 Å². The SMILES string of the molecule is CC(Cn1cnc2cnc(N)nc21)OCP(=O)(O)O. The van der Waals surface area contributed by atoms with Crippen molar-refractivity contribution in [3.05, 3.63) is 12.5 Å². The van der Waals surface area contributed by atoms with Gasteiger partial charge in [0.15, 0.2) is 5.65 Å². The van der Waals surface area contributed by atoms with Gasteiger partial charge in [-0.1, -0.05) is 0 Å². The molecule has 4 N–H and O–H groups in total. The molecule has 0 aliphatic rings. The molecule has 104 valence electrons. The second kappa shape index (κ2) is 5.22. The smallest absolute Gasteiger partial charge is 0.350 e. The standard InChI is InChI=1S/C9H14N5O4P/c1-6(18-5-19(15,16)17)3-14-4-12-7-2-11-9(10)13-8(7)14/h2,4,6H,3,5H2,1H3,(H2,10,11,13)(H2,15,16,17). The van der Waals surface area contributed by atoms with Crippen molar-refractivity contribution in [3.63, 3.8) is 0 Å². The average molecular weight is 287 g/mol. The number of hydrogen-bond acceptors (Lipinski definition) is 6. The Balaban J connectivity index is 2.08. The minimum absolute atomic E-state index is 0.137. The highest BCUT2D eigenvalue weighted by Gasteiger charge is 2.16.